The fourth-order valence-electron chi connectivity index (χ4n) is 2.11. The monoisotopic (exact) mass is 427 g/mol. The van der Waals surface area contributed by atoms with Gasteiger partial charge in [0, 0.05) is 23.0 Å². The molecule has 1 heterocycles. The molecule has 3 rings (SSSR count). The number of nitrogens with zero attached hydrogens (tertiary/aromatic N) is 1. The molecule has 0 spiro atoms. The van der Waals surface area contributed by atoms with Gasteiger partial charge >= 0.3 is 16.2 Å². The number of hydrogen-bond donors (Lipinski definition) is 2. The van der Waals surface area contributed by atoms with E-state index in [-0.39, 0.29) is 15.8 Å². The molecule has 0 saturated carbocycles. The number of ether oxygens (including phenoxy) is 1. The van der Waals surface area contributed by atoms with Crippen molar-refractivity contribution in [3.05, 3.63) is 47.0 Å². The molecule has 8 nitrogen and oxygen atoms in total. The number of amides is 1. The number of aliphatic imine (C=N–C) groups is 1. The first-order valence-corrected chi connectivity index (χ1v) is 10.1. The van der Waals surface area contributed by atoms with E-state index < -0.39 is 16.2 Å². The molecule has 27 heavy (non-hydrogen) atoms. The lowest BCUT2D eigenvalue weighted by atomic mass is 10.2. The molecule has 0 aromatic heterocycles. The van der Waals surface area contributed by atoms with E-state index >= 15 is 0 Å². The zero-order valence-corrected chi connectivity index (χ0v) is 16.5. The number of anilines is 1. The summed E-state index contributed by atoms with van der Waals surface area (Å²) in [5.74, 6) is 0.158. The van der Waals surface area contributed by atoms with Crippen LogP contribution in [0.25, 0.3) is 0 Å². The van der Waals surface area contributed by atoms with Crippen LogP contribution >= 0.6 is 23.5 Å². The number of rotatable bonds is 3. The van der Waals surface area contributed by atoms with E-state index in [0.717, 1.165) is 11.9 Å². The quantitative estimate of drug-likeness (QED) is 0.566. The molecular weight excluding hydrogens is 414 g/mol. The highest BCUT2D eigenvalue weighted by molar-refractivity contribution is 8.15. The van der Waals surface area contributed by atoms with Gasteiger partial charge in [-0.1, -0.05) is 17.7 Å². The fraction of sp³-hybridized carbons (Fsp3) is 0.125. The second-order valence-corrected chi connectivity index (χ2v) is 8.14. The molecule has 2 N–H and O–H groups in total. The minimum atomic E-state index is -4.07. The first kappa shape index (κ1) is 19.3. The molecule has 0 radical (unpaired) electrons. The van der Waals surface area contributed by atoms with Crippen LogP contribution in [0.5, 0.6) is 5.75 Å². The summed E-state index contributed by atoms with van der Waals surface area (Å²) in [6.45, 7) is 1.72. The van der Waals surface area contributed by atoms with Gasteiger partial charge in [0.2, 0.25) is 0 Å². The second kappa shape index (κ2) is 7.67. The van der Waals surface area contributed by atoms with Gasteiger partial charge in [-0.25, -0.2) is 9.79 Å². The lowest BCUT2D eigenvalue weighted by molar-refractivity contribution is 0.177. The maximum Gasteiger partial charge on any atom is 0.412 e. The zero-order chi connectivity index (χ0) is 19.6. The largest absolute Gasteiger partial charge is 0.453 e. The predicted molar refractivity (Wildman–Crippen MR) is 104 cm³/mol. The van der Waals surface area contributed by atoms with Gasteiger partial charge in [0.05, 0.1) is 18.5 Å². The van der Waals surface area contributed by atoms with E-state index in [9.17, 15) is 13.2 Å². The van der Waals surface area contributed by atoms with E-state index in [1.165, 1.54) is 31.4 Å². The van der Waals surface area contributed by atoms with Gasteiger partial charge in [0.25, 0.3) is 0 Å². The Balaban J connectivity index is 1.86. The van der Waals surface area contributed by atoms with E-state index in [4.69, 9.17) is 15.8 Å². The van der Waals surface area contributed by atoms with Gasteiger partial charge in [-0.2, -0.15) is 8.42 Å². The highest BCUT2D eigenvalue weighted by Gasteiger charge is 2.22. The average Bonchev–Trinajstić information content (AvgIpc) is 2.64. The van der Waals surface area contributed by atoms with Crippen LogP contribution in [0.4, 0.5) is 16.2 Å². The molecule has 1 aliphatic heterocycles. The SMILES string of the molecule is COC(=O)NC1=Nc2ccc(S(=O)(=O)Oc3cc(Cl)ccc3C)cc2NS1. The summed E-state index contributed by atoms with van der Waals surface area (Å²) < 4.78 is 37.8. The number of benzene rings is 2. The molecule has 0 saturated heterocycles. The third-order valence-corrected chi connectivity index (χ3v) is 5.65. The Morgan fingerprint density at radius 2 is 2.04 bits per heavy atom. The molecule has 142 valence electrons. The number of alkyl carbamates (subject to hydrolysis) is 1. The minimum absolute atomic E-state index is 0.0479. The molecule has 1 aliphatic rings. The molecule has 1 amide bonds. The molecule has 0 atom stereocenters. The van der Waals surface area contributed by atoms with E-state index in [1.807, 2.05) is 0 Å². The Labute approximate surface area is 165 Å². The Bertz CT molecular complexity index is 1040. The summed E-state index contributed by atoms with van der Waals surface area (Å²) in [5.41, 5.74) is 1.55. The van der Waals surface area contributed by atoms with Crippen LogP contribution in [0.1, 0.15) is 5.56 Å². The van der Waals surface area contributed by atoms with Crippen molar-refractivity contribution in [3.63, 3.8) is 0 Å². The van der Waals surface area contributed by atoms with E-state index in [1.54, 1.807) is 19.1 Å². The third kappa shape index (κ3) is 4.46. The van der Waals surface area contributed by atoms with Crippen LogP contribution in [-0.2, 0) is 14.9 Å². The van der Waals surface area contributed by atoms with Gasteiger partial charge in [-0.3, -0.25) is 5.32 Å². The summed E-state index contributed by atoms with van der Waals surface area (Å²) in [5, 5.41) is 3.08. The molecule has 0 fully saturated rings. The summed E-state index contributed by atoms with van der Waals surface area (Å²) in [6, 6.07) is 9.02. The topological polar surface area (TPSA) is 106 Å². The Hall–Kier alpha value is -2.43. The number of amidine groups is 1. The predicted octanol–water partition coefficient (Wildman–Crippen LogP) is 3.83. The maximum atomic E-state index is 12.6. The van der Waals surface area contributed by atoms with Crippen molar-refractivity contribution in [2.45, 2.75) is 11.8 Å². The molecule has 0 unspecified atom stereocenters. The van der Waals surface area contributed by atoms with Crippen LogP contribution in [-0.4, -0.2) is 26.8 Å². The van der Waals surface area contributed by atoms with Gasteiger partial charge < -0.3 is 13.6 Å². The number of carbonyl (C=O) groups is 1. The smallest absolute Gasteiger partial charge is 0.412 e. The highest BCUT2D eigenvalue weighted by Crippen LogP contribution is 2.35. The lowest BCUT2D eigenvalue weighted by Crippen LogP contribution is -2.29. The van der Waals surface area contributed by atoms with E-state index in [0.29, 0.717) is 22.0 Å². The van der Waals surface area contributed by atoms with Gasteiger partial charge in [-0.05, 0) is 36.8 Å². The first-order chi connectivity index (χ1) is 12.8. The zero-order valence-electron chi connectivity index (χ0n) is 14.1. The van der Waals surface area contributed by atoms with Crippen LogP contribution in [0.3, 0.4) is 0 Å². The summed E-state index contributed by atoms with van der Waals surface area (Å²) in [4.78, 5) is 15.4. The van der Waals surface area contributed by atoms with Gasteiger partial charge in [0.1, 0.15) is 10.6 Å². The summed E-state index contributed by atoms with van der Waals surface area (Å²) >= 11 is 6.92. The van der Waals surface area contributed by atoms with Crippen LogP contribution < -0.4 is 14.2 Å². The number of halogens is 1. The number of methoxy groups -OCH3 is 1. The maximum absolute atomic E-state index is 12.6. The molecule has 0 aliphatic carbocycles. The molecule has 2 aromatic carbocycles. The first-order valence-electron chi connectivity index (χ1n) is 7.50. The standard InChI is InChI=1S/C16H14ClN3O5S2/c1-9-3-4-10(17)7-14(9)25-27(22,23)11-5-6-12-13(8-11)20-26-15(18-12)19-16(21)24-2/h3-8,20H,1-2H3,(H,18,19,21). The normalized spacial score (nSPS) is 13.1. The molecule has 0 bridgehead atoms. The van der Waals surface area contributed by atoms with Crippen LogP contribution in [0.15, 0.2) is 46.3 Å². The van der Waals surface area contributed by atoms with Crippen molar-refractivity contribution in [2.75, 3.05) is 11.8 Å². The van der Waals surface area contributed by atoms with Crippen LogP contribution in [0, 0.1) is 6.92 Å². The number of fused-ring (bicyclic) bond motifs is 1. The van der Waals surface area contributed by atoms with Crippen molar-refractivity contribution in [2.24, 2.45) is 4.99 Å². The minimum Gasteiger partial charge on any atom is -0.453 e. The van der Waals surface area contributed by atoms with Crippen molar-refractivity contribution in [3.8, 4) is 5.75 Å². The number of hydrogen-bond acceptors (Lipinski definition) is 8. The van der Waals surface area contributed by atoms with Crippen molar-refractivity contribution in [1.29, 1.82) is 0 Å². The average molecular weight is 428 g/mol. The Kier molecular flexibility index (Phi) is 5.49. The number of carbonyl (C=O) groups excluding carboxylic acids is 1. The summed E-state index contributed by atoms with van der Waals surface area (Å²) in [7, 11) is -2.83. The number of aryl methyl sites for hydroxylation is 1. The molecule has 2 aromatic rings. The molecule has 11 heteroatoms. The second-order valence-electron chi connectivity index (χ2n) is 5.36. The van der Waals surface area contributed by atoms with Gasteiger partial charge in [-0.15, -0.1) is 0 Å². The Morgan fingerprint density at radius 1 is 1.26 bits per heavy atom. The van der Waals surface area contributed by atoms with Crippen LogP contribution in [0.2, 0.25) is 5.02 Å². The van der Waals surface area contributed by atoms with Crippen molar-refractivity contribution < 1.29 is 22.1 Å². The number of nitrogens with one attached hydrogen (secondary N) is 2. The van der Waals surface area contributed by atoms with E-state index in [2.05, 4.69) is 19.8 Å². The summed E-state index contributed by atoms with van der Waals surface area (Å²) in [6.07, 6.45) is -0.656. The highest BCUT2D eigenvalue weighted by atomic mass is 35.5. The Morgan fingerprint density at radius 3 is 2.78 bits per heavy atom. The van der Waals surface area contributed by atoms with Gasteiger partial charge in [0.15, 0.2) is 5.17 Å². The van der Waals surface area contributed by atoms with Crippen molar-refractivity contribution in [1.82, 2.24) is 5.32 Å². The fourth-order valence-corrected chi connectivity index (χ4v) is 3.93. The lowest BCUT2D eigenvalue weighted by Gasteiger charge is -2.17. The molecular formula is C16H14ClN3O5S2. The third-order valence-electron chi connectivity index (χ3n) is 3.48. The van der Waals surface area contributed by atoms with Crippen molar-refractivity contribution >= 4 is 56.3 Å².